The molecule has 0 saturated carbocycles. The molecule has 2 heterocycles. The number of carbonyl (C=O) groups is 3. The smallest absolute Gasteiger partial charge is 0.349 e. The van der Waals surface area contributed by atoms with E-state index in [-0.39, 0.29) is 12.4 Å². The second-order valence-electron chi connectivity index (χ2n) is 6.97. The number of nitrogens with one attached hydrogen (secondary N) is 1. The number of ether oxygens (including phenoxy) is 3. The van der Waals surface area contributed by atoms with Gasteiger partial charge in [0.15, 0.2) is 5.76 Å². The third-order valence-corrected chi connectivity index (χ3v) is 6.44. The zero-order chi connectivity index (χ0) is 24.2. The van der Waals surface area contributed by atoms with E-state index in [4.69, 9.17) is 25.5 Å². The molecule has 0 atom stereocenters. The molecule has 0 unspecified atom stereocenters. The number of amides is 1. The number of halogens is 1. The molecule has 0 bridgehead atoms. The quantitative estimate of drug-likeness (QED) is 0.332. The summed E-state index contributed by atoms with van der Waals surface area (Å²) < 4.78 is 21.4. The molecule has 0 aliphatic rings. The van der Waals surface area contributed by atoms with Crippen molar-refractivity contribution >= 4 is 56.6 Å². The van der Waals surface area contributed by atoms with Gasteiger partial charge in [0.1, 0.15) is 23.0 Å². The molecule has 0 spiro atoms. The lowest BCUT2D eigenvalue weighted by Gasteiger charge is -2.05. The Hall–Kier alpha value is -3.82. The van der Waals surface area contributed by atoms with E-state index in [1.165, 1.54) is 25.6 Å². The fourth-order valence-corrected chi connectivity index (χ4v) is 4.56. The van der Waals surface area contributed by atoms with Gasteiger partial charge in [0.25, 0.3) is 5.91 Å². The third kappa shape index (κ3) is 4.90. The molecule has 0 fully saturated rings. The van der Waals surface area contributed by atoms with Crippen LogP contribution >= 0.6 is 22.9 Å². The van der Waals surface area contributed by atoms with Gasteiger partial charge in [-0.2, -0.15) is 0 Å². The van der Waals surface area contributed by atoms with Crippen molar-refractivity contribution in [2.75, 3.05) is 19.5 Å². The fourth-order valence-electron chi connectivity index (χ4n) is 3.10. The summed E-state index contributed by atoms with van der Waals surface area (Å²) >= 11 is 7.45. The Labute approximate surface area is 203 Å². The van der Waals surface area contributed by atoms with Crippen LogP contribution in [0.25, 0.3) is 10.1 Å². The lowest BCUT2D eigenvalue weighted by Crippen LogP contribution is -2.10. The molecular formula is C24H18ClNO7S. The topological polar surface area (TPSA) is 104 Å². The summed E-state index contributed by atoms with van der Waals surface area (Å²) in [5.74, 6) is -0.294. The average Bonchev–Trinajstić information content (AvgIpc) is 3.46. The van der Waals surface area contributed by atoms with E-state index < -0.39 is 17.8 Å². The van der Waals surface area contributed by atoms with Crippen LogP contribution in [-0.2, 0) is 16.1 Å². The van der Waals surface area contributed by atoms with E-state index in [9.17, 15) is 14.4 Å². The Bertz CT molecular complexity index is 1370. The summed E-state index contributed by atoms with van der Waals surface area (Å²) in [5, 5.41) is 3.78. The number of carbonyl (C=O) groups excluding carboxylic acids is 3. The molecule has 2 aromatic heterocycles. The molecule has 4 aromatic rings. The lowest BCUT2D eigenvalue weighted by molar-refractivity contribution is 0.0594. The summed E-state index contributed by atoms with van der Waals surface area (Å²) in [6.07, 6.45) is 0. The van der Waals surface area contributed by atoms with Gasteiger partial charge < -0.3 is 23.9 Å². The molecule has 2 aromatic carbocycles. The van der Waals surface area contributed by atoms with Crippen molar-refractivity contribution in [2.24, 2.45) is 0 Å². The van der Waals surface area contributed by atoms with Gasteiger partial charge in [-0.3, -0.25) is 4.79 Å². The van der Waals surface area contributed by atoms with Gasteiger partial charge in [0, 0.05) is 15.8 Å². The summed E-state index contributed by atoms with van der Waals surface area (Å²) in [4.78, 5) is 36.2. The van der Waals surface area contributed by atoms with Gasteiger partial charge in [-0.1, -0.05) is 11.6 Å². The Balaban J connectivity index is 1.40. The molecule has 1 N–H and O–H groups in total. The van der Waals surface area contributed by atoms with Gasteiger partial charge in [-0.15, -0.1) is 11.3 Å². The zero-order valence-electron chi connectivity index (χ0n) is 18.0. The molecular weight excluding hydrogens is 482 g/mol. The monoisotopic (exact) mass is 499 g/mol. The van der Waals surface area contributed by atoms with E-state index >= 15 is 0 Å². The summed E-state index contributed by atoms with van der Waals surface area (Å²) in [6, 6.07) is 14.8. The van der Waals surface area contributed by atoms with Crippen LogP contribution in [0.5, 0.6) is 5.75 Å². The van der Waals surface area contributed by atoms with Crippen molar-refractivity contribution in [1.82, 2.24) is 0 Å². The maximum atomic E-state index is 12.6. The number of hydrogen-bond acceptors (Lipinski definition) is 8. The predicted molar refractivity (Wildman–Crippen MR) is 127 cm³/mol. The van der Waals surface area contributed by atoms with Gasteiger partial charge in [0.05, 0.1) is 24.8 Å². The van der Waals surface area contributed by atoms with Crippen LogP contribution in [0.2, 0.25) is 5.02 Å². The van der Waals surface area contributed by atoms with Gasteiger partial charge >= 0.3 is 11.9 Å². The maximum absolute atomic E-state index is 12.6. The number of hydrogen-bond donors (Lipinski definition) is 1. The number of thiophene rings is 1. The van der Waals surface area contributed by atoms with E-state index in [1.54, 1.807) is 54.6 Å². The highest BCUT2D eigenvalue weighted by molar-refractivity contribution is 7.21. The minimum atomic E-state index is -0.512. The number of anilines is 1. The third-order valence-electron chi connectivity index (χ3n) is 4.80. The van der Waals surface area contributed by atoms with Crippen molar-refractivity contribution in [3.8, 4) is 5.75 Å². The normalized spacial score (nSPS) is 10.7. The van der Waals surface area contributed by atoms with Crippen LogP contribution in [-0.4, -0.2) is 32.1 Å². The number of furan rings is 1. The molecule has 8 nitrogen and oxygen atoms in total. The van der Waals surface area contributed by atoms with Crippen LogP contribution in [0.3, 0.4) is 0 Å². The Morgan fingerprint density at radius 3 is 2.41 bits per heavy atom. The number of benzene rings is 2. The maximum Gasteiger partial charge on any atom is 0.349 e. The first kappa shape index (κ1) is 23.3. The molecule has 34 heavy (non-hydrogen) atoms. The van der Waals surface area contributed by atoms with E-state index in [0.29, 0.717) is 38.0 Å². The van der Waals surface area contributed by atoms with Crippen LogP contribution in [0, 0.1) is 0 Å². The van der Waals surface area contributed by atoms with Crippen molar-refractivity contribution in [2.45, 2.75) is 6.61 Å². The Morgan fingerprint density at radius 1 is 0.971 bits per heavy atom. The second kappa shape index (κ2) is 9.98. The highest BCUT2D eigenvalue weighted by Gasteiger charge is 2.19. The van der Waals surface area contributed by atoms with Crippen molar-refractivity contribution in [3.05, 3.63) is 81.6 Å². The number of esters is 2. The van der Waals surface area contributed by atoms with Crippen LogP contribution < -0.4 is 10.1 Å². The Kier molecular flexibility index (Phi) is 6.85. The highest BCUT2D eigenvalue weighted by Crippen LogP contribution is 2.37. The first-order valence-corrected chi connectivity index (χ1v) is 11.1. The molecule has 0 aliphatic heterocycles. The van der Waals surface area contributed by atoms with Crippen molar-refractivity contribution in [1.29, 1.82) is 0 Å². The number of rotatable bonds is 7. The SMILES string of the molecule is COC(=O)c1ccc(OCc2ccc(C(=O)Nc3ccc4c(Cl)c(C(=O)OC)sc4c3)o2)cc1. The molecule has 0 aliphatic carbocycles. The van der Waals surface area contributed by atoms with Crippen LogP contribution in [0.1, 0.15) is 36.3 Å². The van der Waals surface area contributed by atoms with E-state index in [2.05, 4.69) is 10.1 Å². The van der Waals surface area contributed by atoms with Gasteiger partial charge in [-0.05, 0) is 54.6 Å². The van der Waals surface area contributed by atoms with Crippen LogP contribution in [0.4, 0.5) is 5.69 Å². The minimum absolute atomic E-state index is 0.0980. The minimum Gasteiger partial charge on any atom is -0.486 e. The summed E-state index contributed by atoms with van der Waals surface area (Å²) in [5.41, 5.74) is 0.933. The molecule has 0 radical (unpaired) electrons. The standard InChI is InChI=1S/C24H18ClNO7S/c1-30-23(28)13-3-6-15(7-4-13)32-12-16-8-10-18(33-16)22(27)26-14-5-9-17-19(11-14)34-21(20(17)25)24(29)31-2/h3-11H,12H2,1-2H3,(H,26,27). The lowest BCUT2D eigenvalue weighted by atomic mass is 10.2. The molecule has 174 valence electrons. The molecule has 4 rings (SSSR count). The predicted octanol–water partition coefficient (Wildman–Crippen LogP) is 5.55. The number of methoxy groups -OCH3 is 2. The van der Waals surface area contributed by atoms with Crippen molar-refractivity contribution < 1.29 is 33.0 Å². The summed E-state index contributed by atoms with van der Waals surface area (Å²) in [6.45, 7) is 0.0980. The first-order valence-electron chi connectivity index (χ1n) is 9.91. The fraction of sp³-hybridized carbons (Fsp3) is 0.125. The average molecular weight is 500 g/mol. The number of fused-ring (bicyclic) bond motifs is 1. The molecule has 1 amide bonds. The molecule has 10 heteroatoms. The van der Waals surface area contributed by atoms with Crippen molar-refractivity contribution in [3.63, 3.8) is 0 Å². The van der Waals surface area contributed by atoms with E-state index in [1.807, 2.05) is 0 Å². The second-order valence-corrected chi connectivity index (χ2v) is 8.40. The summed E-state index contributed by atoms with van der Waals surface area (Å²) in [7, 11) is 2.60. The largest absolute Gasteiger partial charge is 0.486 e. The zero-order valence-corrected chi connectivity index (χ0v) is 19.6. The molecule has 0 saturated heterocycles. The first-order chi connectivity index (χ1) is 16.4. The van der Waals surface area contributed by atoms with Crippen LogP contribution in [0.15, 0.2) is 59.0 Å². The Morgan fingerprint density at radius 2 is 1.71 bits per heavy atom. The highest BCUT2D eigenvalue weighted by atomic mass is 35.5. The van der Waals surface area contributed by atoms with E-state index in [0.717, 1.165) is 4.70 Å². The van der Waals surface area contributed by atoms with Gasteiger partial charge in [0.2, 0.25) is 0 Å². The van der Waals surface area contributed by atoms with Gasteiger partial charge in [-0.25, -0.2) is 9.59 Å².